The van der Waals surface area contributed by atoms with Gasteiger partial charge < -0.3 is 9.73 Å². The second-order valence-electron chi connectivity index (χ2n) is 5.32. The van der Waals surface area contributed by atoms with Gasteiger partial charge in [0.2, 0.25) is 0 Å². The summed E-state index contributed by atoms with van der Waals surface area (Å²) in [6.45, 7) is 1.66. The zero-order valence-electron chi connectivity index (χ0n) is 10.9. The highest BCUT2D eigenvalue weighted by atomic mass is 19.1. The van der Waals surface area contributed by atoms with Crippen LogP contribution >= 0.6 is 0 Å². The van der Waals surface area contributed by atoms with Gasteiger partial charge in [0, 0.05) is 12.0 Å². The van der Waals surface area contributed by atoms with Gasteiger partial charge in [-0.15, -0.1) is 0 Å². The SMILES string of the molecule is Fc1ccc(C2(CNCc3ccco3)CCC2)cc1. The third-order valence-electron chi connectivity index (χ3n) is 4.11. The van der Waals surface area contributed by atoms with Crippen molar-refractivity contribution in [2.75, 3.05) is 6.54 Å². The molecule has 1 aliphatic rings. The molecular weight excluding hydrogens is 241 g/mol. The van der Waals surface area contributed by atoms with Crippen molar-refractivity contribution in [2.24, 2.45) is 0 Å². The van der Waals surface area contributed by atoms with Crippen molar-refractivity contribution in [3.05, 3.63) is 59.8 Å². The van der Waals surface area contributed by atoms with Crippen LogP contribution in [0.25, 0.3) is 0 Å². The molecular formula is C16H18FNO. The Morgan fingerprint density at radius 3 is 2.53 bits per heavy atom. The van der Waals surface area contributed by atoms with Gasteiger partial charge in [0.05, 0.1) is 12.8 Å². The molecule has 2 nitrogen and oxygen atoms in total. The first-order valence-corrected chi connectivity index (χ1v) is 6.78. The van der Waals surface area contributed by atoms with Crippen molar-refractivity contribution in [1.29, 1.82) is 0 Å². The number of furan rings is 1. The maximum Gasteiger partial charge on any atom is 0.123 e. The molecule has 0 bridgehead atoms. The third-order valence-corrected chi connectivity index (χ3v) is 4.11. The third kappa shape index (κ3) is 2.56. The summed E-state index contributed by atoms with van der Waals surface area (Å²) < 4.78 is 18.3. The van der Waals surface area contributed by atoms with E-state index in [2.05, 4.69) is 5.32 Å². The fourth-order valence-corrected chi connectivity index (χ4v) is 2.81. The maximum atomic E-state index is 13.0. The molecule has 1 aliphatic carbocycles. The second-order valence-corrected chi connectivity index (χ2v) is 5.32. The molecule has 0 spiro atoms. The summed E-state index contributed by atoms with van der Waals surface area (Å²) in [6.07, 6.45) is 5.28. The smallest absolute Gasteiger partial charge is 0.123 e. The van der Waals surface area contributed by atoms with Gasteiger partial charge in [0.15, 0.2) is 0 Å². The van der Waals surface area contributed by atoms with Gasteiger partial charge in [-0.05, 0) is 42.7 Å². The predicted molar refractivity (Wildman–Crippen MR) is 72.3 cm³/mol. The van der Waals surface area contributed by atoms with Crippen LogP contribution in [0.2, 0.25) is 0 Å². The van der Waals surface area contributed by atoms with Crippen molar-refractivity contribution < 1.29 is 8.81 Å². The molecule has 1 saturated carbocycles. The number of halogens is 1. The fraction of sp³-hybridized carbons (Fsp3) is 0.375. The van der Waals surface area contributed by atoms with Crippen LogP contribution in [0.5, 0.6) is 0 Å². The highest BCUT2D eigenvalue weighted by molar-refractivity contribution is 5.29. The van der Waals surface area contributed by atoms with E-state index in [9.17, 15) is 4.39 Å². The van der Waals surface area contributed by atoms with Gasteiger partial charge in [-0.2, -0.15) is 0 Å². The molecule has 100 valence electrons. The molecule has 1 fully saturated rings. The van der Waals surface area contributed by atoms with Crippen LogP contribution in [-0.2, 0) is 12.0 Å². The Balaban J connectivity index is 1.64. The lowest BCUT2D eigenvalue weighted by molar-refractivity contribution is 0.231. The van der Waals surface area contributed by atoms with E-state index < -0.39 is 0 Å². The van der Waals surface area contributed by atoms with E-state index in [0.29, 0.717) is 0 Å². The summed E-state index contributed by atoms with van der Waals surface area (Å²) in [5, 5.41) is 3.46. The quantitative estimate of drug-likeness (QED) is 0.887. The number of rotatable bonds is 5. The molecule has 2 aromatic rings. The minimum absolute atomic E-state index is 0.165. The van der Waals surface area contributed by atoms with E-state index in [-0.39, 0.29) is 11.2 Å². The Morgan fingerprint density at radius 2 is 1.95 bits per heavy atom. The predicted octanol–water partition coefficient (Wildman–Crippen LogP) is 3.63. The molecule has 3 rings (SSSR count). The number of hydrogen-bond acceptors (Lipinski definition) is 2. The van der Waals surface area contributed by atoms with Crippen LogP contribution in [0.15, 0.2) is 47.1 Å². The first-order chi connectivity index (χ1) is 9.28. The molecule has 1 heterocycles. The Kier molecular flexibility index (Phi) is 3.38. The summed E-state index contributed by atoms with van der Waals surface area (Å²) in [7, 11) is 0. The minimum atomic E-state index is -0.165. The van der Waals surface area contributed by atoms with Crippen molar-refractivity contribution in [1.82, 2.24) is 5.32 Å². The second kappa shape index (κ2) is 5.17. The number of nitrogens with one attached hydrogen (secondary N) is 1. The topological polar surface area (TPSA) is 25.2 Å². The zero-order valence-corrected chi connectivity index (χ0v) is 10.9. The monoisotopic (exact) mass is 259 g/mol. The lowest BCUT2D eigenvalue weighted by Gasteiger charge is -2.42. The van der Waals surface area contributed by atoms with Gasteiger partial charge in [-0.3, -0.25) is 0 Å². The Hall–Kier alpha value is -1.61. The lowest BCUT2D eigenvalue weighted by Crippen LogP contribution is -2.43. The summed E-state index contributed by atoms with van der Waals surface area (Å²) in [6, 6.07) is 10.8. The molecule has 0 saturated heterocycles. The summed E-state index contributed by atoms with van der Waals surface area (Å²) in [5.74, 6) is 0.787. The van der Waals surface area contributed by atoms with E-state index in [0.717, 1.165) is 18.8 Å². The van der Waals surface area contributed by atoms with Crippen molar-refractivity contribution in [3.8, 4) is 0 Å². The highest BCUT2D eigenvalue weighted by Crippen LogP contribution is 2.43. The van der Waals surface area contributed by atoms with Gasteiger partial charge in [-0.1, -0.05) is 18.6 Å². The fourth-order valence-electron chi connectivity index (χ4n) is 2.81. The maximum absolute atomic E-state index is 13.0. The normalized spacial score (nSPS) is 17.1. The first-order valence-electron chi connectivity index (χ1n) is 6.78. The molecule has 0 unspecified atom stereocenters. The molecule has 3 heteroatoms. The molecule has 1 aromatic carbocycles. The van der Waals surface area contributed by atoms with Crippen LogP contribution < -0.4 is 5.32 Å². The van der Waals surface area contributed by atoms with Gasteiger partial charge >= 0.3 is 0 Å². The van der Waals surface area contributed by atoms with E-state index in [1.165, 1.54) is 24.8 Å². The van der Waals surface area contributed by atoms with Crippen LogP contribution in [-0.4, -0.2) is 6.54 Å². The van der Waals surface area contributed by atoms with Crippen molar-refractivity contribution >= 4 is 0 Å². The zero-order chi connectivity index (χ0) is 13.1. The van der Waals surface area contributed by atoms with Crippen molar-refractivity contribution in [3.63, 3.8) is 0 Å². The van der Waals surface area contributed by atoms with Crippen molar-refractivity contribution in [2.45, 2.75) is 31.2 Å². The van der Waals surface area contributed by atoms with Crippen LogP contribution in [0.3, 0.4) is 0 Å². The summed E-state index contributed by atoms with van der Waals surface area (Å²) in [4.78, 5) is 0. The Bertz CT molecular complexity index is 514. The van der Waals surface area contributed by atoms with E-state index in [1.54, 1.807) is 18.4 Å². The molecule has 0 amide bonds. The largest absolute Gasteiger partial charge is 0.468 e. The standard InChI is InChI=1S/C16H18FNO/c17-14-6-4-13(5-7-14)16(8-2-9-16)12-18-11-15-3-1-10-19-15/h1,3-7,10,18H,2,8-9,11-12H2. The first kappa shape index (κ1) is 12.4. The van der Waals surface area contributed by atoms with E-state index in [1.807, 2.05) is 24.3 Å². The van der Waals surface area contributed by atoms with Gasteiger partial charge in [-0.25, -0.2) is 4.39 Å². The van der Waals surface area contributed by atoms with Gasteiger partial charge in [0.25, 0.3) is 0 Å². The van der Waals surface area contributed by atoms with Crippen LogP contribution in [0.1, 0.15) is 30.6 Å². The van der Waals surface area contributed by atoms with E-state index in [4.69, 9.17) is 4.42 Å². The average molecular weight is 259 g/mol. The van der Waals surface area contributed by atoms with E-state index >= 15 is 0 Å². The van der Waals surface area contributed by atoms with Gasteiger partial charge in [0.1, 0.15) is 11.6 Å². The summed E-state index contributed by atoms with van der Waals surface area (Å²) in [5.41, 5.74) is 1.42. The number of benzene rings is 1. The average Bonchev–Trinajstić information content (AvgIpc) is 2.87. The number of hydrogen-bond donors (Lipinski definition) is 1. The Labute approximate surface area is 112 Å². The van der Waals surface area contributed by atoms with Crippen LogP contribution in [0.4, 0.5) is 4.39 Å². The molecule has 0 atom stereocenters. The lowest BCUT2D eigenvalue weighted by atomic mass is 9.64. The van der Waals surface area contributed by atoms with Crippen LogP contribution in [0, 0.1) is 5.82 Å². The highest BCUT2D eigenvalue weighted by Gasteiger charge is 2.38. The molecule has 19 heavy (non-hydrogen) atoms. The minimum Gasteiger partial charge on any atom is -0.468 e. The molecule has 1 aromatic heterocycles. The molecule has 0 radical (unpaired) electrons. The summed E-state index contributed by atoms with van der Waals surface area (Å²) >= 11 is 0. The molecule has 1 N–H and O–H groups in total. The Morgan fingerprint density at radius 1 is 1.16 bits per heavy atom. The molecule has 0 aliphatic heterocycles.